The zero-order valence-corrected chi connectivity index (χ0v) is 27.8. The molecule has 2 unspecified atom stereocenters. The highest BCUT2D eigenvalue weighted by Gasteiger charge is 2.56. The van der Waals surface area contributed by atoms with E-state index in [0.717, 1.165) is 83.8 Å². The van der Waals surface area contributed by atoms with Crippen molar-refractivity contribution in [3.05, 3.63) is 77.3 Å². The molecule has 0 spiro atoms. The Morgan fingerprint density at radius 3 is 2.75 bits per heavy atom. The first kappa shape index (κ1) is 32.1. The summed E-state index contributed by atoms with van der Waals surface area (Å²) in [6, 6.07) is 16.0. The third-order valence-corrected chi connectivity index (χ3v) is 10.5. The number of carbonyl (C=O) groups excluding carboxylic acids is 2. The third kappa shape index (κ3) is 6.64. The minimum atomic E-state index is -0.611. The van der Waals surface area contributed by atoms with Crippen molar-refractivity contribution in [2.75, 3.05) is 31.2 Å². The summed E-state index contributed by atoms with van der Waals surface area (Å²) in [4.78, 5) is 41.4. The van der Waals surface area contributed by atoms with Crippen LogP contribution in [0, 0.1) is 12.7 Å². The second-order valence-electron chi connectivity index (χ2n) is 12.7. The molecular formula is C36H39FN6O4S. The zero-order chi connectivity index (χ0) is 33.1. The molecule has 10 nitrogen and oxygen atoms in total. The molecule has 4 fully saturated rings. The predicted octanol–water partition coefficient (Wildman–Crippen LogP) is 6.58. The maximum Gasteiger partial charge on any atom is 0.255 e. The van der Waals surface area contributed by atoms with Gasteiger partial charge in [0.15, 0.2) is 0 Å². The molecule has 4 aliphatic heterocycles. The van der Waals surface area contributed by atoms with Gasteiger partial charge in [-0.15, -0.1) is 11.3 Å². The lowest BCUT2D eigenvalue weighted by atomic mass is 9.85. The Morgan fingerprint density at radius 2 is 1.94 bits per heavy atom. The SMILES string of the molecule is Cc1cc(-c2cnc(C34CCCN3C(=O)C4)s2)cc(N(c2ccccc2)c2ncc(F)c(OC3CCOC3)n2)c1.O=C1CCCCCN1. The minimum Gasteiger partial charge on any atom is -0.470 e. The molecule has 0 bridgehead atoms. The van der Waals surface area contributed by atoms with Crippen LogP contribution >= 0.6 is 11.3 Å². The molecule has 2 aromatic heterocycles. The molecule has 0 radical (unpaired) electrons. The Kier molecular flexibility index (Phi) is 9.36. The van der Waals surface area contributed by atoms with Crippen LogP contribution in [0.5, 0.6) is 5.88 Å². The number of para-hydroxylation sites is 1. The van der Waals surface area contributed by atoms with Gasteiger partial charge in [-0.25, -0.2) is 9.97 Å². The number of rotatable bonds is 7. The highest BCUT2D eigenvalue weighted by Crippen LogP contribution is 2.51. The van der Waals surface area contributed by atoms with Crippen LogP contribution < -0.4 is 15.0 Å². The number of benzene rings is 2. The molecule has 250 valence electrons. The maximum absolute atomic E-state index is 14.7. The quantitative estimate of drug-likeness (QED) is 0.220. The normalized spacial score (nSPS) is 21.8. The van der Waals surface area contributed by atoms with Crippen LogP contribution in [0.1, 0.15) is 61.9 Å². The van der Waals surface area contributed by atoms with Crippen molar-refractivity contribution in [2.24, 2.45) is 0 Å². The van der Waals surface area contributed by atoms with E-state index >= 15 is 0 Å². The molecule has 4 aromatic rings. The first-order chi connectivity index (χ1) is 23.4. The van der Waals surface area contributed by atoms with Gasteiger partial charge in [0.25, 0.3) is 5.88 Å². The molecule has 4 aliphatic rings. The predicted molar refractivity (Wildman–Crippen MR) is 181 cm³/mol. The molecule has 2 aromatic carbocycles. The Balaban J connectivity index is 0.000000402. The van der Waals surface area contributed by atoms with E-state index in [2.05, 4.69) is 33.5 Å². The smallest absolute Gasteiger partial charge is 0.255 e. The van der Waals surface area contributed by atoms with Gasteiger partial charge in [-0.1, -0.05) is 30.7 Å². The molecule has 48 heavy (non-hydrogen) atoms. The summed E-state index contributed by atoms with van der Waals surface area (Å²) in [7, 11) is 0. The average molecular weight is 671 g/mol. The van der Waals surface area contributed by atoms with Gasteiger partial charge in [0.2, 0.25) is 23.6 Å². The highest BCUT2D eigenvalue weighted by molar-refractivity contribution is 7.15. The van der Waals surface area contributed by atoms with Crippen molar-refractivity contribution < 1.29 is 23.5 Å². The Bertz CT molecular complexity index is 1770. The van der Waals surface area contributed by atoms with Crippen LogP contribution in [0.3, 0.4) is 0 Å². The fourth-order valence-electron chi connectivity index (χ4n) is 6.79. The minimum absolute atomic E-state index is 0.0863. The molecule has 6 heterocycles. The van der Waals surface area contributed by atoms with Crippen molar-refractivity contribution in [3.8, 4) is 16.3 Å². The van der Waals surface area contributed by atoms with Crippen molar-refractivity contribution >= 4 is 40.5 Å². The topological polar surface area (TPSA) is 110 Å². The second-order valence-corrected chi connectivity index (χ2v) is 13.7. The number of amides is 2. The summed E-state index contributed by atoms with van der Waals surface area (Å²) in [6.45, 7) is 4.73. The summed E-state index contributed by atoms with van der Waals surface area (Å²) in [6.07, 6.45) is 10.2. The number of hydrogen-bond acceptors (Lipinski definition) is 9. The van der Waals surface area contributed by atoms with E-state index in [0.29, 0.717) is 32.0 Å². The fourth-order valence-corrected chi connectivity index (χ4v) is 7.92. The number of aryl methyl sites for hydroxylation is 1. The number of ether oxygens (including phenoxy) is 2. The van der Waals surface area contributed by atoms with E-state index < -0.39 is 5.82 Å². The molecule has 0 saturated carbocycles. The first-order valence-electron chi connectivity index (χ1n) is 16.7. The highest BCUT2D eigenvalue weighted by atomic mass is 32.1. The number of β-lactam (4-membered cyclic amide) rings is 1. The summed E-state index contributed by atoms with van der Waals surface area (Å²) in [5, 5.41) is 3.81. The monoisotopic (exact) mass is 670 g/mol. The molecule has 12 heteroatoms. The van der Waals surface area contributed by atoms with Gasteiger partial charge in [-0.3, -0.25) is 14.5 Å². The van der Waals surface area contributed by atoms with Crippen LogP contribution in [0.15, 0.2) is 60.9 Å². The number of thiazole rings is 1. The van der Waals surface area contributed by atoms with Gasteiger partial charge in [0, 0.05) is 37.8 Å². The number of fused-ring (bicyclic) bond motifs is 1. The number of nitrogens with zero attached hydrogens (tertiary/aromatic N) is 5. The molecule has 4 saturated heterocycles. The van der Waals surface area contributed by atoms with E-state index in [1.54, 1.807) is 11.3 Å². The number of nitrogens with one attached hydrogen (secondary N) is 1. The van der Waals surface area contributed by atoms with Gasteiger partial charge >= 0.3 is 0 Å². The van der Waals surface area contributed by atoms with E-state index in [9.17, 15) is 14.0 Å². The molecule has 1 N–H and O–H groups in total. The van der Waals surface area contributed by atoms with Gasteiger partial charge < -0.3 is 19.7 Å². The number of anilines is 3. The summed E-state index contributed by atoms with van der Waals surface area (Å²) >= 11 is 1.65. The number of carbonyl (C=O) groups is 2. The standard InChI is InChI=1S/C30H28FN5O3S.C6H11NO/c1-19-12-20(25-17-32-28(40-25)30-9-5-10-35(30)26(37)15-30)14-22(13-19)36(21-6-3-2-4-7-21)29-33-16-24(31)27(34-29)39-23-8-11-38-18-23;8-6-4-2-1-3-5-7-6/h2-4,6-7,12-14,16-17,23H,5,8-11,15,18H2,1H3;1-5H2,(H,7,8). The Hall–Kier alpha value is -4.42. The van der Waals surface area contributed by atoms with Crippen LogP contribution in [0.4, 0.5) is 21.7 Å². The van der Waals surface area contributed by atoms with E-state index in [-0.39, 0.29) is 29.3 Å². The number of hydrogen-bond donors (Lipinski definition) is 1. The van der Waals surface area contributed by atoms with Gasteiger partial charge in [0.05, 0.1) is 36.4 Å². The van der Waals surface area contributed by atoms with Crippen molar-refractivity contribution in [1.29, 1.82) is 0 Å². The van der Waals surface area contributed by atoms with E-state index in [4.69, 9.17) is 14.5 Å². The van der Waals surface area contributed by atoms with Gasteiger partial charge in [-0.2, -0.15) is 9.37 Å². The third-order valence-electron chi connectivity index (χ3n) is 9.22. The van der Waals surface area contributed by atoms with Gasteiger partial charge in [0.1, 0.15) is 16.7 Å². The van der Waals surface area contributed by atoms with Crippen LogP contribution in [0.2, 0.25) is 0 Å². The molecule has 0 aliphatic carbocycles. The number of halogens is 1. The Labute approximate surface area is 283 Å². The molecule has 8 rings (SSSR count). The average Bonchev–Trinajstić information content (AvgIpc) is 3.82. The van der Waals surface area contributed by atoms with E-state index in [1.165, 1.54) is 6.42 Å². The lowest BCUT2D eigenvalue weighted by Crippen LogP contribution is -2.57. The largest absolute Gasteiger partial charge is 0.470 e. The second kappa shape index (κ2) is 14.0. The zero-order valence-electron chi connectivity index (χ0n) is 27.0. The van der Waals surface area contributed by atoms with Gasteiger partial charge in [-0.05, 0) is 68.0 Å². The van der Waals surface area contributed by atoms with Crippen LogP contribution in [-0.4, -0.2) is 64.1 Å². The van der Waals surface area contributed by atoms with Crippen molar-refractivity contribution in [2.45, 2.75) is 69.9 Å². The molecule has 2 atom stereocenters. The molecule has 2 amide bonds. The van der Waals surface area contributed by atoms with Crippen LogP contribution in [-0.2, 0) is 19.9 Å². The fraction of sp³-hybridized carbons (Fsp3) is 0.417. The molecular weight excluding hydrogens is 631 g/mol. The maximum atomic E-state index is 14.7. The lowest BCUT2D eigenvalue weighted by molar-refractivity contribution is -0.153. The Morgan fingerprint density at radius 1 is 1.06 bits per heavy atom. The summed E-state index contributed by atoms with van der Waals surface area (Å²) in [5.41, 5.74) is 3.49. The van der Waals surface area contributed by atoms with Crippen molar-refractivity contribution in [1.82, 2.24) is 25.2 Å². The lowest BCUT2D eigenvalue weighted by Gasteiger charge is -2.45. The van der Waals surface area contributed by atoms with Crippen LogP contribution in [0.25, 0.3) is 10.4 Å². The summed E-state index contributed by atoms with van der Waals surface area (Å²) < 4.78 is 26.0. The van der Waals surface area contributed by atoms with E-state index in [1.807, 2.05) is 53.3 Å². The summed E-state index contributed by atoms with van der Waals surface area (Å²) in [5.74, 6) is 0.0464. The first-order valence-corrected chi connectivity index (χ1v) is 17.5. The number of aromatic nitrogens is 3. The van der Waals surface area contributed by atoms with Crippen molar-refractivity contribution in [3.63, 3.8) is 0 Å².